The number of pyridine rings is 1. The zero-order valence-electron chi connectivity index (χ0n) is 9.23. The predicted octanol–water partition coefficient (Wildman–Crippen LogP) is 0.727. The average molecular weight is 207 g/mol. The van der Waals surface area contributed by atoms with Gasteiger partial charge in [0.25, 0.3) is 0 Å². The predicted molar refractivity (Wildman–Crippen MR) is 60.5 cm³/mol. The van der Waals surface area contributed by atoms with Crippen LogP contribution in [-0.2, 0) is 11.2 Å². The highest BCUT2D eigenvalue weighted by Crippen LogP contribution is 2.05. The highest BCUT2D eigenvalue weighted by molar-refractivity contribution is 5.81. The SMILES string of the molecule is CN(C)CCC(=O)Cc1ccnc(N)c1. The molecule has 0 aliphatic rings. The summed E-state index contributed by atoms with van der Waals surface area (Å²) in [6.07, 6.45) is 2.65. The summed E-state index contributed by atoms with van der Waals surface area (Å²) in [5.74, 6) is 0.696. The standard InChI is InChI=1S/C11H17N3O/c1-14(2)6-4-10(15)7-9-3-5-13-11(12)8-9/h3,5,8H,4,6-7H2,1-2H3,(H2,12,13). The Balaban J connectivity index is 2.44. The van der Waals surface area contributed by atoms with E-state index in [1.807, 2.05) is 25.1 Å². The number of nitrogens with zero attached hydrogens (tertiary/aromatic N) is 2. The summed E-state index contributed by atoms with van der Waals surface area (Å²) in [6, 6.07) is 3.57. The van der Waals surface area contributed by atoms with E-state index in [1.165, 1.54) is 0 Å². The molecule has 0 unspecified atom stereocenters. The molecule has 0 fully saturated rings. The number of rotatable bonds is 5. The maximum Gasteiger partial charge on any atom is 0.138 e. The van der Waals surface area contributed by atoms with Crippen LogP contribution < -0.4 is 5.73 Å². The Morgan fingerprint density at radius 1 is 1.53 bits per heavy atom. The summed E-state index contributed by atoms with van der Waals surface area (Å²) >= 11 is 0. The third kappa shape index (κ3) is 4.56. The van der Waals surface area contributed by atoms with Crippen molar-refractivity contribution in [2.24, 2.45) is 0 Å². The van der Waals surface area contributed by atoms with Gasteiger partial charge in [-0.25, -0.2) is 4.98 Å². The van der Waals surface area contributed by atoms with Gasteiger partial charge < -0.3 is 10.6 Å². The van der Waals surface area contributed by atoms with E-state index < -0.39 is 0 Å². The van der Waals surface area contributed by atoms with E-state index in [0.717, 1.165) is 12.1 Å². The molecule has 1 aromatic rings. The molecule has 15 heavy (non-hydrogen) atoms. The maximum atomic E-state index is 11.5. The number of carbonyl (C=O) groups is 1. The van der Waals surface area contributed by atoms with Crippen molar-refractivity contribution < 1.29 is 4.79 Å². The molecule has 0 radical (unpaired) electrons. The number of aromatic nitrogens is 1. The number of Topliss-reactive ketones (excluding diaryl/α,β-unsaturated/α-hetero) is 1. The van der Waals surface area contributed by atoms with Crippen molar-refractivity contribution in [2.45, 2.75) is 12.8 Å². The fraction of sp³-hybridized carbons (Fsp3) is 0.455. The van der Waals surface area contributed by atoms with Crippen LogP contribution >= 0.6 is 0 Å². The minimum Gasteiger partial charge on any atom is -0.384 e. The number of carbonyl (C=O) groups excluding carboxylic acids is 1. The van der Waals surface area contributed by atoms with Gasteiger partial charge in [0.05, 0.1) is 0 Å². The number of nitrogen functional groups attached to an aromatic ring is 1. The first-order valence-corrected chi connectivity index (χ1v) is 4.95. The Kier molecular flexibility index (Phi) is 4.24. The van der Waals surface area contributed by atoms with Gasteiger partial charge in [-0.05, 0) is 31.8 Å². The van der Waals surface area contributed by atoms with E-state index in [9.17, 15) is 4.79 Å². The topological polar surface area (TPSA) is 59.2 Å². The second-order valence-electron chi connectivity index (χ2n) is 3.86. The molecule has 82 valence electrons. The molecule has 0 bridgehead atoms. The smallest absolute Gasteiger partial charge is 0.138 e. The first-order chi connectivity index (χ1) is 7.08. The molecule has 0 aromatic carbocycles. The largest absolute Gasteiger partial charge is 0.384 e. The molecule has 0 amide bonds. The van der Waals surface area contributed by atoms with Crippen molar-refractivity contribution in [2.75, 3.05) is 26.4 Å². The van der Waals surface area contributed by atoms with Crippen LogP contribution in [0.2, 0.25) is 0 Å². The molecule has 0 saturated heterocycles. The summed E-state index contributed by atoms with van der Waals surface area (Å²) in [5, 5.41) is 0. The molecule has 4 nitrogen and oxygen atoms in total. The van der Waals surface area contributed by atoms with Gasteiger partial charge >= 0.3 is 0 Å². The summed E-state index contributed by atoms with van der Waals surface area (Å²) in [4.78, 5) is 17.4. The van der Waals surface area contributed by atoms with Crippen molar-refractivity contribution in [1.82, 2.24) is 9.88 Å². The van der Waals surface area contributed by atoms with Crippen LogP contribution in [0.4, 0.5) is 5.82 Å². The third-order valence-corrected chi connectivity index (χ3v) is 2.08. The lowest BCUT2D eigenvalue weighted by Crippen LogP contribution is -2.17. The van der Waals surface area contributed by atoms with E-state index in [-0.39, 0.29) is 5.78 Å². The van der Waals surface area contributed by atoms with Crippen molar-refractivity contribution in [1.29, 1.82) is 0 Å². The van der Waals surface area contributed by atoms with Crippen molar-refractivity contribution in [3.05, 3.63) is 23.9 Å². The Morgan fingerprint density at radius 3 is 2.87 bits per heavy atom. The van der Waals surface area contributed by atoms with Gasteiger partial charge in [-0.2, -0.15) is 0 Å². The third-order valence-electron chi connectivity index (χ3n) is 2.08. The molecular weight excluding hydrogens is 190 g/mol. The molecule has 0 saturated carbocycles. The van der Waals surface area contributed by atoms with Crippen LogP contribution in [0.25, 0.3) is 0 Å². The Labute approximate surface area is 90.1 Å². The summed E-state index contributed by atoms with van der Waals surface area (Å²) in [5.41, 5.74) is 6.46. The quantitative estimate of drug-likeness (QED) is 0.773. The first-order valence-electron chi connectivity index (χ1n) is 4.95. The molecule has 0 spiro atoms. The molecule has 1 rings (SSSR count). The summed E-state index contributed by atoms with van der Waals surface area (Å²) < 4.78 is 0. The monoisotopic (exact) mass is 207 g/mol. The van der Waals surface area contributed by atoms with Crippen molar-refractivity contribution >= 4 is 11.6 Å². The molecule has 1 heterocycles. The van der Waals surface area contributed by atoms with E-state index in [1.54, 1.807) is 12.3 Å². The van der Waals surface area contributed by atoms with Gasteiger partial charge in [0.15, 0.2) is 0 Å². The Hall–Kier alpha value is -1.42. The van der Waals surface area contributed by atoms with Crippen LogP contribution in [0.15, 0.2) is 18.3 Å². The maximum absolute atomic E-state index is 11.5. The fourth-order valence-corrected chi connectivity index (χ4v) is 1.27. The summed E-state index contributed by atoms with van der Waals surface area (Å²) in [7, 11) is 3.91. The van der Waals surface area contributed by atoms with Crippen LogP contribution in [0.3, 0.4) is 0 Å². The number of ketones is 1. The molecule has 1 aromatic heterocycles. The van der Waals surface area contributed by atoms with Crippen LogP contribution in [0, 0.1) is 0 Å². The van der Waals surface area contributed by atoms with Crippen LogP contribution in [0.5, 0.6) is 0 Å². The first kappa shape index (κ1) is 11.7. The fourth-order valence-electron chi connectivity index (χ4n) is 1.27. The zero-order chi connectivity index (χ0) is 11.3. The normalized spacial score (nSPS) is 10.6. The molecule has 2 N–H and O–H groups in total. The van der Waals surface area contributed by atoms with E-state index in [2.05, 4.69) is 4.98 Å². The lowest BCUT2D eigenvalue weighted by atomic mass is 10.1. The summed E-state index contributed by atoms with van der Waals surface area (Å²) in [6.45, 7) is 0.791. The van der Waals surface area contributed by atoms with Crippen molar-refractivity contribution in [3.63, 3.8) is 0 Å². The van der Waals surface area contributed by atoms with E-state index >= 15 is 0 Å². The van der Waals surface area contributed by atoms with Gasteiger partial charge in [-0.15, -0.1) is 0 Å². The van der Waals surface area contributed by atoms with Gasteiger partial charge in [0, 0.05) is 25.6 Å². The minimum atomic E-state index is 0.231. The molecule has 0 aliphatic heterocycles. The van der Waals surface area contributed by atoms with Gasteiger partial charge in [-0.3, -0.25) is 4.79 Å². The molecule has 0 aliphatic carbocycles. The van der Waals surface area contributed by atoms with Gasteiger partial charge in [-0.1, -0.05) is 0 Å². The Morgan fingerprint density at radius 2 is 2.27 bits per heavy atom. The van der Waals surface area contributed by atoms with E-state index in [4.69, 9.17) is 5.73 Å². The minimum absolute atomic E-state index is 0.231. The number of hydrogen-bond donors (Lipinski definition) is 1. The second kappa shape index (κ2) is 5.46. The number of hydrogen-bond acceptors (Lipinski definition) is 4. The highest BCUT2D eigenvalue weighted by atomic mass is 16.1. The highest BCUT2D eigenvalue weighted by Gasteiger charge is 2.04. The van der Waals surface area contributed by atoms with Gasteiger partial charge in [0.1, 0.15) is 11.6 Å². The van der Waals surface area contributed by atoms with Gasteiger partial charge in [0.2, 0.25) is 0 Å². The van der Waals surface area contributed by atoms with Crippen LogP contribution in [0.1, 0.15) is 12.0 Å². The lowest BCUT2D eigenvalue weighted by molar-refractivity contribution is -0.118. The van der Waals surface area contributed by atoms with E-state index in [0.29, 0.717) is 18.7 Å². The van der Waals surface area contributed by atoms with Crippen LogP contribution in [-0.4, -0.2) is 36.3 Å². The zero-order valence-corrected chi connectivity index (χ0v) is 9.23. The number of nitrogens with two attached hydrogens (primary N) is 1. The lowest BCUT2D eigenvalue weighted by Gasteiger charge is -2.08. The number of anilines is 1. The molecule has 4 heteroatoms. The van der Waals surface area contributed by atoms with Crippen molar-refractivity contribution in [3.8, 4) is 0 Å². The average Bonchev–Trinajstić information content (AvgIpc) is 2.15. The molecular formula is C11H17N3O. The Bertz CT molecular complexity index is 336. The second-order valence-corrected chi connectivity index (χ2v) is 3.86. The molecule has 0 atom stereocenters.